The van der Waals surface area contributed by atoms with Gasteiger partial charge in [0.25, 0.3) is 5.91 Å². The van der Waals surface area contributed by atoms with E-state index in [1.165, 1.54) is 0 Å². The number of urea groups is 1. The van der Waals surface area contributed by atoms with E-state index in [2.05, 4.69) is 25.9 Å². The first-order chi connectivity index (χ1) is 14.0. The van der Waals surface area contributed by atoms with Crippen LogP contribution in [0.15, 0.2) is 29.4 Å². The second-order valence-electron chi connectivity index (χ2n) is 7.37. The topological polar surface area (TPSA) is 120 Å². The third-order valence-electron chi connectivity index (χ3n) is 5.23. The molecule has 4 amide bonds. The van der Waals surface area contributed by atoms with Gasteiger partial charge in [-0.2, -0.15) is 5.01 Å². The van der Waals surface area contributed by atoms with Crippen LogP contribution in [0.2, 0.25) is 0 Å². The summed E-state index contributed by atoms with van der Waals surface area (Å²) in [4.78, 5) is 41.5. The number of rotatable bonds is 5. The summed E-state index contributed by atoms with van der Waals surface area (Å²) in [5.74, 6) is -0.246. The van der Waals surface area contributed by atoms with Crippen LogP contribution < -0.4 is 10.7 Å². The van der Waals surface area contributed by atoms with E-state index < -0.39 is 17.5 Å². The number of hydrogen-bond acceptors (Lipinski definition) is 6. The standard InChI is InChI=1S/C19H22N6O3S/c1-12-5-7-13(8-6-12)15-20-17(23-22-15)29-11-14(26)24-25-16(27)19(21-18(25)28)9-3-2-4-10-19/h5-8H,2-4,9-11H2,1H3,(H,21,28)(H,24,26)(H,20,22,23). The lowest BCUT2D eigenvalue weighted by Gasteiger charge is -2.30. The number of carbonyl (C=O) groups excluding carboxylic acids is 3. The van der Waals surface area contributed by atoms with Crippen molar-refractivity contribution in [3.63, 3.8) is 0 Å². The first-order valence-corrected chi connectivity index (χ1v) is 10.5. The van der Waals surface area contributed by atoms with Crippen LogP contribution in [-0.4, -0.2) is 49.3 Å². The van der Waals surface area contributed by atoms with Crippen LogP contribution in [0.1, 0.15) is 37.7 Å². The fourth-order valence-corrected chi connectivity index (χ4v) is 4.25. The Morgan fingerprint density at radius 1 is 1.21 bits per heavy atom. The third-order valence-corrected chi connectivity index (χ3v) is 6.07. The summed E-state index contributed by atoms with van der Waals surface area (Å²) in [5, 5.41) is 10.9. The number of nitrogens with one attached hydrogen (secondary N) is 3. The molecule has 2 fully saturated rings. The molecule has 0 atom stereocenters. The number of hydrogen-bond donors (Lipinski definition) is 3. The lowest BCUT2D eigenvalue weighted by atomic mass is 9.82. The highest BCUT2D eigenvalue weighted by Gasteiger charge is 2.52. The fraction of sp³-hybridized carbons (Fsp3) is 0.421. The Morgan fingerprint density at radius 2 is 1.93 bits per heavy atom. The Bertz CT molecular complexity index is 936. The van der Waals surface area contributed by atoms with Crippen molar-refractivity contribution >= 4 is 29.6 Å². The number of nitrogens with zero attached hydrogens (tertiary/aromatic N) is 3. The van der Waals surface area contributed by atoms with Gasteiger partial charge in [0.1, 0.15) is 5.54 Å². The largest absolute Gasteiger partial charge is 0.344 e. The van der Waals surface area contributed by atoms with Crippen molar-refractivity contribution in [3.05, 3.63) is 29.8 Å². The molecule has 1 saturated heterocycles. The lowest BCUT2D eigenvalue weighted by molar-refractivity contribution is -0.139. The molecular formula is C19H22N6O3S. The molecule has 9 nitrogen and oxygen atoms in total. The Labute approximate surface area is 172 Å². The van der Waals surface area contributed by atoms with E-state index in [0.29, 0.717) is 23.8 Å². The number of imide groups is 1. The molecule has 1 aromatic carbocycles. The number of amides is 4. The molecule has 0 bridgehead atoms. The number of benzene rings is 1. The van der Waals surface area contributed by atoms with Crippen molar-refractivity contribution in [2.75, 3.05) is 5.75 Å². The van der Waals surface area contributed by atoms with Crippen molar-refractivity contribution < 1.29 is 14.4 Å². The van der Waals surface area contributed by atoms with Gasteiger partial charge in [-0.25, -0.2) is 9.78 Å². The van der Waals surface area contributed by atoms with E-state index in [9.17, 15) is 14.4 Å². The number of aromatic amines is 1. The van der Waals surface area contributed by atoms with Crippen LogP contribution in [0.25, 0.3) is 11.4 Å². The van der Waals surface area contributed by atoms with E-state index in [1.807, 2.05) is 31.2 Å². The molecule has 4 rings (SSSR count). The number of aromatic nitrogens is 3. The molecule has 1 aliphatic heterocycles. The van der Waals surface area contributed by atoms with Crippen molar-refractivity contribution in [1.29, 1.82) is 0 Å². The van der Waals surface area contributed by atoms with Gasteiger partial charge in [0, 0.05) is 5.56 Å². The Balaban J connectivity index is 1.33. The first kappa shape index (κ1) is 19.4. The summed E-state index contributed by atoms with van der Waals surface area (Å²) in [7, 11) is 0. The molecule has 1 spiro atoms. The zero-order valence-corrected chi connectivity index (χ0v) is 16.8. The van der Waals surface area contributed by atoms with Crippen LogP contribution in [0, 0.1) is 6.92 Å². The average molecular weight is 414 g/mol. The smallest absolute Gasteiger partial charge is 0.322 e. The van der Waals surface area contributed by atoms with Gasteiger partial charge in [0.2, 0.25) is 11.1 Å². The van der Waals surface area contributed by atoms with Crippen LogP contribution in [-0.2, 0) is 9.59 Å². The van der Waals surface area contributed by atoms with Gasteiger partial charge in [0.15, 0.2) is 5.82 Å². The monoisotopic (exact) mass is 414 g/mol. The molecule has 10 heteroatoms. The van der Waals surface area contributed by atoms with E-state index in [-0.39, 0.29) is 11.7 Å². The molecule has 3 N–H and O–H groups in total. The molecule has 1 saturated carbocycles. The maximum absolute atomic E-state index is 12.7. The van der Waals surface area contributed by atoms with E-state index >= 15 is 0 Å². The van der Waals surface area contributed by atoms with Gasteiger partial charge >= 0.3 is 6.03 Å². The minimum atomic E-state index is -0.859. The molecular weight excluding hydrogens is 392 g/mol. The molecule has 1 aromatic heterocycles. The number of hydrazine groups is 1. The summed E-state index contributed by atoms with van der Waals surface area (Å²) in [5.41, 5.74) is 3.60. The minimum Gasteiger partial charge on any atom is -0.322 e. The van der Waals surface area contributed by atoms with Gasteiger partial charge < -0.3 is 5.32 Å². The van der Waals surface area contributed by atoms with Crippen LogP contribution in [0.5, 0.6) is 0 Å². The second kappa shape index (κ2) is 7.86. The SMILES string of the molecule is Cc1ccc(-c2nc(SCC(=O)NN3C(=O)NC4(CCCCC4)C3=O)n[nH]2)cc1. The normalized spacial score (nSPS) is 18.2. The van der Waals surface area contributed by atoms with Crippen LogP contribution in [0.3, 0.4) is 0 Å². The van der Waals surface area contributed by atoms with Crippen LogP contribution >= 0.6 is 11.8 Å². The maximum Gasteiger partial charge on any atom is 0.344 e. The lowest BCUT2D eigenvalue weighted by Crippen LogP contribution is -2.51. The van der Waals surface area contributed by atoms with E-state index in [0.717, 1.165) is 47.2 Å². The highest BCUT2D eigenvalue weighted by atomic mass is 32.2. The van der Waals surface area contributed by atoms with Gasteiger partial charge in [-0.3, -0.25) is 20.1 Å². The van der Waals surface area contributed by atoms with E-state index in [1.54, 1.807) is 0 Å². The molecule has 152 valence electrons. The molecule has 0 unspecified atom stereocenters. The van der Waals surface area contributed by atoms with Gasteiger partial charge in [-0.05, 0) is 19.8 Å². The predicted molar refractivity (Wildman–Crippen MR) is 107 cm³/mol. The number of carbonyl (C=O) groups is 3. The molecule has 2 aliphatic rings. The number of H-pyrrole nitrogens is 1. The average Bonchev–Trinajstić information content (AvgIpc) is 3.27. The fourth-order valence-electron chi connectivity index (χ4n) is 3.65. The molecule has 2 aromatic rings. The second-order valence-corrected chi connectivity index (χ2v) is 8.31. The van der Waals surface area contributed by atoms with Gasteiger partial charge in [-0.1, -0.05) is 60.9 Å². The first-order valence-electron chi connectivity index (χ1n) is 9.55. The highest BCUT2D eigenvalue weighted by molar-refractivity contribution is 7.99. The van der Waals surface area contributed by atoms with E-state index in [4.69, 9.17) is 0 Å². The quantitative estimate of drug-likeness (QED) is 0.509. The van der Waals surface area contributed by atoms with Crippen molar-refractivity contribution in [3.8, 4) is 11.4 Å². The van der Waals surface area contributed by atoms with Crippen molar-refractivity contribution in [1.82, 2.24) is 30.9 Å². The van der Waals surface area contributed by atoms with Crippen molar-refractivity contribution in [2.45, 2.75) is 49.7 Å². The number of aryl methyl sites for hydroxylation is 1. The van der Waals surface area contributed by atoms with Crippen molar-refractivity contribution in [2.24, 2.45) is 0 Å². The minimum absolute atomic E-state index is 0.0186. The molecule has 2 heterocycles. The summed E-state index contributed by atoms with van der Waals surface area (Å²) < 4.78 is 0. The maximum atomic E-state index is 12.7. The Morgan fingerprint density at radius 3 is 2.66 bits per heavy atom. The zero-order valence-electron chi connectivity index (χ0n) is 16.0. The highest BCUT2D eigenvalue weighted by Crippen LogP contribution is 2.33. The summed E-state index contributed by atoms with van der Waals surface area (Å²) >= 11 is 1.12. The molecule has 0 radical (unpaired) electrons. The Hall–Kier alpha value is -2.88. The van der Waals surface area contributed by atoms with Gasteiger partial charge in [0.05, 0.1) is 5.75 Å². The van der Waals surface area contributed by atoms with Gasteiger partial charge in [-0.15, -0.1) is 5.10 Å². The number of thioether (sulfide) groups is 1. The summed E-state index contributed by atoms with van der Waals surface area (Å²) in [6, 6.07) is 7.27. The predicted octanol–water partition coefficient (Wildman–Crippen LogP) is 2.16. The summed E-state index contributed by atoms with van der Waals surface area (Å²) in [6.07, 6.45) is 4.04. The third kappa shape index (κ3) is 3.98. The molecule has 1 aliphatic carbocycles. The Kier molecular flexibility index (Phi) is 5.27. The molecule has 29 heavy (non-hydrogen) atoms. The van der Waals surface area contributed by atoms with Crippen LogP contribution in [0.4, 0.5) is 4.79 Å². The summed E-state index contributed by atoms with van der Waals surface area (Å²) in [6.45, 7) is 2.01. The zero-order chi connectivity index (χ0) is 20.4.